The molecule has 32 heavy (non-hydrogen) atoms. The van der Waals surface area contributed by atoms with Crippen LogP contribution < -0.4 is 0 Å². The van der Waals surface area contributed by atoms with Crippen molar-refractivity contribution in [2.75, 3.05) is 26.2 Å². The summed E-state index contributed by atoms with van der Waals surface area (Å²) in [6.45, 7) is 6.01. The van der Waals surface area contributed by atoms with Crippen LogP contribution in [0, 0.1) is 15.9 Å². The summed E-state index contributed by atoms with van der Waals surface area (Å²) in [4.78, 5) is 39.6. The summed E-state index contributed by atoms with van der Waals surface area (Å²) in [5.74, 6) is -3.01. The molecule has 2 aromatic rings. The summed E-state index contributed by atoms with van der Waals surface area (Å²) < 4.78 is 14.8. The predicted octanol–water partition coefficient (Wildman–Crippen LogP) is 3.50. The van der Waals surface area contributed by atoms with Gasteiger partial charge in [0.25, 0.3) is 17.4 Å². The van der Waals surface area contributed by atoms with Crippen LogP contribution in [0.4, 0.5) is 10.1 Å². The van der Waals surface area contributed by atoms with E-state index in [1.54, 1.807) is 6.07 Å². The van der Waals surface area contributed by atoms with Crippen molar-refractivity contribution >= 4 is 23.1 Å². The van der Waals surface area contributed by atoms with E-state index in [4.69, 9.17) is 0 Å². The van der Waals surface area contributed by atoms with Crippen LogP contribution in [0.5, 0.6) is 0 Å². The summed E-state index contributed by atoms with van der Waals surface area (Å²) >= 11 is 0. The number of benzene rings is 2. The molecular formula is C23H24FN3O5. The molecular weight excluding hydrogens is 417 g/mol. The van der Waals surface area contributed by atoms with Gasteiger partial charge in [-0.2, -0.15) is 0 Å². The SMILES string of the molecule is CCN(CC)CCN1C(=O)C(=O)/C(=C(/O)c2cccc([N+](=O)[O-])c2)C1c1ccccc1F. The van der Waals surface area contributed by atoms with Crippen LogP contribution in [-0.4, -0.2) is 57.7 Å². The molecule has 2 aromatic carbocycles. The van der Waals surface area contributed by atoms with E-state index in [0.29, 0.717) is 6.54 Å². The Labute approximate surface area is 184 Å². The molecule has 1 heterocycles. The maximum Gasteiger partial charge on any atom is 0.295 e. The van der Waals surface area contributed by atoms with Crippen molar-refractivity contribution in [3.8, 4) is 0 Å². The van der Waals surface area contributed by atoms with Gasteiger partial charge in [0.05, 0.1) is 16.5 Å². The minimum Gasteiger partial charge on any atom is -0.507 e. The van der Waals surface area contributed by atoms with Crippen LogP contribution in [0.3, 0.4) is 0 Å². The number of carbonyl (C=O) groups excluding carboxylic acids is 2. The largest absolute Gasteiger partial charge is 0.507 e. The number of aliphatic hydroxyl groups excluding tert-OH is 1. The molecule has 0 aromatic heterocycles. The first-order valence-corrected chi connectivity index (χ1v) is 10.3. The zero-order valence-electron chi connectivity index (χ0n) is 17.8. The molecule has 8 nitrogen and oxygen atoms in total. The van der Waals surface area contributed by atoms with Crippen molar-refractivity contribution in [3.05, 3.63) is 81.2 Å². The van der Waals surface area contributed by atoms with Gasteiger partial charge in [-0.3, -0.25) is 19.7 Å². The molecule has 1 saturated heterocycles. The third kappa shape index (κ3) is 4.38. The molecule has 1 N–H and O–H groups in total. The van der Waals surface area contributed by atoms with Gasteiger partial charge >= 0.3 is 0 Å². The predicted molar refractivity (Wildman–Crippen MR) is 116 cm³/mol. The molecule has 0 radical (unpaired) electrons. The molecule has 168 valence electrons. The molecule has 1 fully saturated rings. The van der Waals surface area contributed by atoms with Crippen molar-refractivity contribution in [2.45, 2.75) is 19.9 Å². The Morgan fingerprint density at radius 1 is 1.16 bits per heavy atom. The zero-order valence-corrected chi connectivity index (χ0v) is 17.8. The molecule has 1 aliphatic heterocycles. The van der Waals surface area contributed by atoms with Crippen LogP contribution in [0.1, 0.15) is 31.0 Å². The molecule has 0 spiro atoms. The number of rotatable bonds is 8. The molecule has 1 atom stereocenters. The molecule has 1 amide bonds. The fourth-order valence-corrected chi connectivity index (χ4v) is 3.84. The number of nitrogens with zero attached hydrogens (tertiary/aromatic N) is 3. The number of hydrogen-bond donors (Lipinski definition) is 1. The number of Topliss-reactive ketones (excluding diaryl/α,β-unsaturated/α-hetero) is 1. The Hall–Kier alpha value is -3.59. The normalized spacial score (nSPS) is 17.9. The van der Waals surface area contributed by atoms with E-state index >= 15 is 0 Å². The lowest BCUT2D eigenvalue weighted by Crippen LogP contribution is -2.38. The van der Waals surface area contributed by atoms with Crippen LogP contribution in [-0.2, 0) is 9.59 Å². The van der Waals surface area contributed by atoms with Crippen molar-refractivity contribution in [1.29, 1.82) is 0 Å². The van der Waals surface area contributed by atoms with Crippen LogP contribution in [0.25, 0.3) is 5.76 Å². The van der Waals surface area contributed by atoms with Crippen molar-refractivity contribution in [2.24, 2.45) is 0 Å². The van der Waals surface area contributed by atoms with E-state index in [1.165, 1.54) is 41.3 Å². The quantitative estimate of drug-likeness (QED) is 0.221. The van der Waals surface area contributed by atoms with E-state index in [2.05, 4.69) is 4.90 Å². The summed E-state index contributed by atoms with van der Waals surface area (Å²) in [6.07, 6.45) is 0. The fourth-order valence-electron chi connectivity index (χ4n) is 3.84. The standard InChI is InChI=1S/C23H24FN3O5/c1-3-25(4-2)12-13-26-20(17-10-5-6-11-18(17)24)19(22(29)23(26)30)21(28)15-8-7-9-16(14-15)27(31)32/h5-11,14,20,28H,3-4,12-13H2,1-2H3/b21-19+. The molecule has 0 bridgehead atoms. The number of non-ortho nitro benzene ring substituents is 1. The van der Waals surface area contributed by atoms with Gasteiger partial charge < -0.3 is 14.9 Å². The number of hydrogen-bond acceptors (Lipinski definition) is 6. The van der Waals surface area contributed by atoms with Gasteiger partial charge in [0.1, 0.15) is 11.6 Å². The molecule has 1 aliphatic rings. The van der Waals surface area contributed by atoms with Crippen molar-refractivity contribution in [1.82, 2.24) is 9.80 Å². The van der Waals surface area contributed by atoms with E-state index in [1.807, 2.05) is 13.8 Å². The number of carbonyl (C=O) groups is 2. The van der Waals surface area contributed by atoms with Gasteiger partial charge in [-0.1, -0.05) is 44.2 Å². The van der Waals surface area contributed by atoms with E-state index in [-0.39, 0.29) is 28.9 Å². The number of likely N-dealkylation sites (N-methyl/N-ethyl adjacent to an activating group) is 1. The average molecular weight is 441 g/mol. The molecule has 1 unspecified atom stereocenters. The van der Waals surface area contributed by atoms with Crippen LogP contribution in [0.15, 0.2) is 54.1 Å². The lowest BCUT2D eigenvalue weighted by molar-refractivity contribution is -0.384. The molecule has 0 saturated carbocycles. The van der Waals surface area contributed by atoms with E-state index in [0.717, 1.165) is 19.2 Å². The molecule has 0 aliphatic carbocycles. The third-order valence-electron chi connectivity index (χ3n) is 5.62. The highest BCUT2D eigenvalue weighted by molar-refractivity contribution is 6.46. The van der Waals surface area contributed by atoms with Crippen LogP contribution >= 0.6 is 0 Å². The van der Waals surface area contributed by atoms with E-state index < -0.39 is 34.2 Å². The van der Waals surface area contributed by atoms with Crippen LogP contribution in [0.2, 0.25) is 0 Å². The number of halogens is 1. The fraction of sp³-hybridized carbons (Fsp3) is 0.304. The van der Waals surface area contributed by atoms with E-state index in [9.17, 15) is 29.2 Å². The Bertz CT molecular complexity index is 1080. The number of nitro groups is 1. The summed E-state index contributed by atoms with van der Waals surface area (Å²) in [7, 11) is 0. The molecule has 9 heteroatoms. The summed E-state index contributed by atoms with van der Waals surface area (Å²) in [5.41, 5.74) is -0.507. The minimum absolute atomic E-state index is 0.00211. The van der Waals surface area contributed by atoms with Crippen molar-refractivity contribution in [3.63, 3.8) is 0 Å². The van der Waals surface area contributed by atoms with Gasteiger partial charge in [-0.15, -0.1) is 0 Å². The highest BCUT2D eigenvalue weighted by Crippen LogP contribution is 2.40. The number of likely N-dealkylation sites (tertiary alicyclic amines) is 1. The smallest absolute Gasteiger partial charge is 0.295 e. The van der Waals surface area contributed by atoms with Gasteiger partial charge in [-0.25, -0.2) is 4.39 Å². The first kappa shape index (κ1) is 23.1. The summed E-state index contributed by atoms with van der Waals surface area (Å²) in [5, 5.41) is 22.1. The summed E-state index contributed by atoms with van der Waals surface area (Å²) in [6, 6.07) is 9.70. The Morgan fingerprint density at radius 3 is 2.47 bits per heavy atom. The lowest BCUT2D eigenvalue weighted by Gasteiger charge is -2.28. The average Bonchev–Trinajstić information content (AvgIpc) is 3.04. The first-order chi connectivity index (χ1) is 15.3. The van der Waals surface area contributed by atoms with Gasteiger partial charge in [0.2, 0.25) is 0 Å². The Morgan fingerprint density at radius 2 is 1.84 bits per heavy atom. The zero-order chi connectivity index (χ0) is 23.4. The highest BCUT2D eigenvalue weighted by Gasteiger charge is 2.46. The second-order valence-electron chi connectivity index (χ2n) is 7.35. The number of amides is 1. The second kappa shape index (κ2) is 9.69. The first-order valence-electron chi connectivity index (χ1n) is 10.3. The second-order valence-corrected chi connectivity index (χ2v) is 7.35. The Balaban J connectivity index is 2.14. The van der Waals surface area contributed by atoms with Crippen molar-refractivity contribution < 1.29 is 24.0 Å². The number of aliphatic hydroxyl groups is 1. The number of nitro benzene ring substituents is 1. The molecule has 3 rings (SSSR count). The lowest BCUT2D eigenvalue weighted by atomic mass is 9.95. The van der Waals surface area contributed by atoms with Gasteiger partial charge in [0.15, 0.2) is 0 Å². The number of ketones is 1. The van der Waals surface area contributed by atoms with Gasteiger partial charge in [-0.05, 0) is 19.2 Å². The maximum atomic E-state index is 14.8. The maximum absolute atomic E-state index is 14.8. The highest BCUT2D eigenvalue weighted by atomic mass is 19.1. The topological polar surface area (TPSA) is 104 Å². The van der Waals surface area contributed by atoms with Gasteiger partial charge in [0, 0.05) is 36.3 Å². The Kier molecular flexibility index (Phi) is 6.99. The monoisotopic (exact) mass is 441 g/mol. The third-order valence-corrected chi connectivity index (χ3v) is 5.62. The minimum atomic E-state index is -1.15.